The van der Waals surface area contributed by atoms with Gasteiger partial charge in [0.1, 0.15) is 0 Å². The van der Waals surface area contributed by atoms with Crippen molar-refractivity contribution in [2.45, 2.75) is 38.6 Å². The Hall–Kier alpha value is -1.35. The van der Waals surface area contributed by atoms with E-state index in [0.717, 1.165) is 23.9 Å². The van der Waals surface area contributed by atoms with Crippen LogP contribution in [0.2, 0.25) is 0 Å². The summed E-state index contributed by atoms with van der Waals surface area (Å²) in [5.41, 5.74) is 2.19. The van der Waals surface area contributed by atoms with E-state index in [0.29, 0.717) is 0 Å². The third-order valence-corrected chi connectivity index (χ3v) is 4.21. The summed E-state index contributed by atoms with van der Waals surface area (Å²) in [7, 11) is 0. The Morgan fingerprint density at radius 3 is 1.95 bits per heavy atom. The Morgan fingerprint density at radius 2 is 1.50 bits per heavy atom. The number of hydrogen-bond donors (Lipinski definition) is 1. The van der Waals surface area contributed by atoms with Gasteiger partial charge in [-0.3, -0.25) is 9.69 Å². The van der Waals surface area contributed by atoms with Crippen LogP contribution in [0.25, 0.3) is 0 Å². The molecule has 0 atom stereocenters. The van der Waals surface area contributed by atoms with Crippen LogP contribution in [0.1, 0.15) is 36.8 Å². The second kappa shape index (κ2) is 5.96. The van der Waals surface area contributed by atoms with Crippen LogP contribution in [0.5, 0.6) is 0 Å². The van der Waals surface area contributed by atoms with Crippen molar-refractivity contribution in [1.29, 1.82) is 0 Å². The van der Waals surface area contributed by atoms with Crippen molar-refractivity contribution in [2.75, 3.05) is 13.1 Å². The molecule has 2 aliphatic carbocycles. The van der Waals surface area contributed by atoms with Crippen molar-refractivity contribution in [3.05, 3.63) is 35.4 Å². The third kappa shape index (κ3) is 4.34. The number of nitrogens with zero attached hydrogens (tertiary/aromatic N) is 1. The Bertz CT molecular complexity index is 446. The maximum Gasteiger partial charge on any atom is 0.307 e. The van der Waals surface area contributed by atoms with Gasteiger partial charge in [-0.25, -0.2) is 0 Å². The fourth-order valence-corrected chi connectivity index (χ4v) is 2.73. The average Bonchev–Trinajstić information content (AvgIpc) is 3.27. The van der Waals surface area contributed by atoms with Crippen LogP contribution in [-0.4, -0.2) is 29.1 Å². The summed E-state index contributed by atoms with van der Waals surface area (Å²) in [5, 5.41) is 8.79. The minimum absolute atomic E-state index is 0.119. The molecule has 3 heteroatoms. The highest BCUT2D eigenvalue weighted by molar-refractivity contribution is 5.70. The summed E-state index contributed by atoms with van der Waals surface area (Å²) < 4.78 is 0. The highest BCUT2D eigenvalue weighted by Crippen LogP contribution is 2.34. The van der Waals surface area contributed by atoms with E-state index in [-0.39, 0.29) is 6.42 Å². The van der Waals surface area contributed by atoms with Gasteiger partial charge in [-0.1, -0.05) is 24.3 Å². The zero-order valence-electron chi connectivity index (χ0n) is 11.9. The number of carbonyl (C=O) groups is 1. The van der Waals surface area contributed by atoms with Crippen molar-refractivity contribution in [1.82, 2.24) is 4.90 Å². The van der Waals surface area contributed by atoms with E-state index < -0.39 is 5.97 Å². The van der Waals surface area contributed by atoms with Gasteiger partial charge in [0, 0.05) is 19.6 Å². The van der Waals surface area contributed by atoms with Crippen LogP contribution in [0.15, 0.2) is 24.3 Å². The molecule has 108 valence electrons. The van der Waals surface area contributed by atoms with Crippen molar-refractivity contribution in [2.24, 2.45) is 11.8 Å². The molecule has 0 radical (unpaired) electrons. The molecule has 20 heavy (non-hydrogen) atoms. The number of carboxylic acid groups (broad SMARTS) is 1. The summed E-state index contributed by atoms with van der Waals surface area (Å²) in [5.74, 6) is 1.10. The fraction of sp³-hybridized carbons (Fsp3) is 0.588. The lowest BCUT2D eigenvalue weighted by Gasteiger charge is -2.22. The number of aliphatic carboxylic acids is 1. The van der Waals surface area contributed by atoms with Gasteiger partial charge in [0.2, 0.25) is 0 Å². The molecular formula is C17H23NO2. The highest BCUT2D eigenvalue weighted by atomic mass is 16.4. The van der Waals surface area contributed by atoms with Gasteiger partial charge < -0.3 is 5.11 Å². The molecule has 0 unspecified atom stereocenters. The summed E-state index contributed by atoms with van der Waals surface area (Å²) in [4.78, 5) is 13.3. The molecule has 2 fully saturated rings. The van der Waals surface area contributed by atoms with E-state index in [4.69, 9.17) is 5.11 Å². The molecule has 3 nitrogen and oxygen atoms in total. The number of rotatable bonds is 8. The largest absolute Gasteiger partial charge is 0.481 e. The first kappa shape index (κ1) is 13.6. The quantitative estimate of drug-likeness (QED) is 0.791. The van der Waals surface area contributed by atoms with E-state index in [1.54, 1.807) is 0 Å². The SMILES string of the molecule is O=C(O)Cc1ccc(CN(CC2CC2)CC2CC2)cc1. The van der Waals surface area contributed by atoms with Crippen LogP contribution in [0.3, 0.4) is 0 Å². The molecule has 3 rings (SSSR count). The molecule has 0 saturated heterocycles. The lowest BCUT2D eigenvalue weighted by atomic mass is 10.1. The second-order valence-corrected chi connectivity index (χ2v) is 6.47. The van der Waals surface area contributed by atoms with Crippen LogP contribution in [-0.2, 0) is 17.8 Å². The van der Waals surface area contributed by atoms with E-state index in [1.165, 1.54) is 44.3 Å². The zero-order valence-corrected chi connectivity index (χ0v) is 11.9. The monoisotopic (exact) mass is 273 g/mol. The van der Waals surface area contributed by atoms with Crippen LogP contribution in [0, 0.1) is 11.8 Å². The predicted octanol–water partition coefficient (Wildman–Crippen LogP) is 2.94. The maximum atomic E-state index is 10.7. The van der Waals surface area contributed by atoms with Crippen LogP contribution < -0.4 is 0 Å². The topological polar surface area (TPSA) is 40.5 Å². The highest BCUT2D eigenvalue weighted by Gasteiger charge is 2.29. The van der Waals surface area contributed by atoms with Gasteiger partial charge in [-0.15, -0.1) is 0 Å². The fourth-order valence-electron chi connectivity index (χ4n) is 2.73. The van der Waals surface area contributed by atoms with Gasteiger partial charge in [0.15, 0.2) is 0 Å². The molecule has 0 aromatic heterocycles. The normalized spacial score (nSPS) is 18.4. The first-order chi connectivity index (χ1) is 9.69. The summed E-state index contributed by atoms with van der Waals surface area (Å²) in [6.45, 7) is 3.50. The molecule has 0 aliphatic heterocycles. The first-order valence-electron chi connectivity index (χ1n) is 7.71. The molecule has 0 bridgehead atoms. The third-order valence-electron chi connectivity index (χ3n) is 4.21. The van der Waals surface area contributed by atoms with Crippen molar-refractivity contribution in [3.63, 3.8) is 0 Å². The van der Waals surface area contributed by atoms with E-state index in [9.17, 15) is 4.79 Å². The molecule has 0 amide bonds. The molecule has 1 aromatic carbocycles. The summed E-state index contributed by atoms with van der Waals surface area (Å²) >= 11 is 0. The van der Waals surface area contributed by atoms with Crippen molar-refractivity contribution in [3.8, 4) is 0 Å². The number of carboxylic acids is 1. The summed E-state index contributed by atoms with van der Waals surface area (Å²) in [6.07, 6.45) is 5.73. The van der Waals surface area contributed by atoms with Gasteiger partial charge in [-0.05, 0) is 48.6 Å². The first-order valence-corrected chi connectivity index (χ1v) is 7.71. The van der Waals surface area contributed by atoms with Crippen molar-refractivity contribution < 1.29 is 9.90 Å². The van der Waals surface area contributed by atoms with Gasteiger partial charge >= 0.3 is 5.97 Å². The van der Waals surface area contributed by atoms with E-state index >= 15 is 0 Å². The van der Waals surface area contributed by atoms with Gasteiger partial charge in [0.25, 0.3) is 0 Å². The van der Waals surface area contributed by atoms with Crippen molar-refractivity contribution >= 4 is 5.97 Å². The Morgan fingerprint density at radius 1 is 1.00 bits per heavy atom. The minimum Gasteiger partial charge on any atom is -0.481 e. The van der Waals surface area contributed by atoms with Crippen LogP contribution >= 0.6 is 0 Å². The zero-order chi connectivity index (χ0) is 13.9. The van der Waals surface area contributed by atoms with E-state index in [2.05, 4.69) is 17.0 Å². The summed E-state index contributed by atoms with van der Waals surface area (Å²) in [6, 6.07) is 8.09. The molecule has 1 aromatic rings. The molecule has 0 heterocycles. The molecule has 2 saturated carbocycles. The Balaban J connectivity index is 1.56. The van der Waals surface area contributed by atoms with Gasteiger partial charge in [-0.2, -0.15) is 0 Å². The minimum atomic E-state index is -0.762. The van der Waals surface area contributed by atoms with Gasteiger partial charge in [0.05, 0.1) is 6.42 Å². The number of benzene rings is 1. The molecule has 0 spiro atoms. The maximum absolute atomic E-state index is 10.7. The lowest BCUT2D eigenvalue weighted by molar-refractivity contribution is -0.136. The lowest BCUT2D eigenvalue weighted by Crippen LogP contribution is -2.27. The second-order valence-electron chi connectivity index (χ2n) is 6.47. The Labute approximate surface area is 120 Å². The predicted molar refractivity (Wildman–Crippen MR) is 78.5 cm³/mol. The van der Waals surface area contributed by atoms with Crippen LogP contribution in [0.4, 0.5) is 0 Å². The molecule has 2 aliphatic rings. The Kier molecular flexibility index (Phi) is 4.06. The number of hydrogen-bond acceptors (Lipinski definition) is 2. The average molecular weight is 273 g/mol. The van der Waals surface area contributed by atoms with E-state index in [1.807, 2.05) is 12.1 Å². The molecule has 1 N–H and O–H groups in total. The standard InChI is InChI=1S/C17H23NO2/c19-17(20)9-13-1-3-14(4-2-13)10-18(11-15-5-6-15)12-16-7-8-16/h1-4,15-16H,5-12H2,(H,19,20). The smallest absolute Gasteiger partial charge is 0.307 e. The molecular weight excluding hydrogens is 250 g/mol.